The summed E-state index contributed by atoms with van der Waals surface area (Å²) in [5.41, 5.74) is 0. The van der Waals surface area contributed by atoms with Crippen LogP contribution in [0.2, 0.25) is 0 Å². The van der Waals surface area contributed by atoms with Crippen LogP contribution in [0.1, 0.15) is 6.92 Å². The molecule has 3 nitrogen and oxygen atoms in total. The summed E-state index contributed by atoms with van der Waals surface area (Å²) in [6.07, 6.45) is 0. The molecule has 0 aliphatic carbocycles. The van der Waals surface area contributed by atoms with E-state index in [1.807, 2.05) is 21.0 Å². The van der Waals surface area contributed by atoms with Crippen LogP contribution in [0.15, 0.2) is 0 Å². The average molecular weight is 129 g/mol. The Bertz CT molecular complexity index is 91.1. The van der Waals surface area contributed by atoms with Crippen molar-refractivity contribution < 1.29 is 4.79 Å². The topological polar surface area (TPSA) is 32.3 Å². The Balaban J connectivity index is 3.27. The van der Waals surface area contributed by atoms with Crippen LogP contribution in [0.3, 0.4) is 0 Å². The van der Waals surface area contributed by atoms with Gasteiger partial charge in [0, 0.05) is 6.54 Å². The second kappa shape index (κ2) is 4.32. The Labute approximate surface area is 56.0 Å². The van der Waals surface area contributed by atoms with Crippen LogP contribution in [0.5, 0.6) is 0 Å². The van der Waals surface area contributed by atoms with Gasteiger partial charge in [0.05, 0.1) is 0 Å². The van der Waals surface area contributed by atoms with Crippen molar-refractivity contribution in [1.82, 2.24) is 10.2 Å². The summed E-state index contributed by atoms with van der Waals surface area (Å²) in [5.74, 6) is -0.0394. The zero-order valence-electron chi connectivity index (χ0n) is 6.14. The van der Waals surface area contributed by atoms with Crippen LogP contribution in [0.4, 0.5) is 0 Å². The number of nitrogens with zero attached hydrogens (tertiary/aromatic N) is 1. The van der Waals surface area contributed by atoms with Crippen LogP contribution in [-0.2, 0) is 4.79 Å². The number of rotatable bonds is 3. The van der Waals surface area contributed by atoms with E-state index >= 15 is 0 Å². The third kappa shape index (κ3) is 5.30. The number of hydrogen-bond acceptors (Lipinski definition) is 2. The van der Waals surface area contributed by atoms with Gasteiger partial charge in [-0.25, -0.2) is 0 Å². The number of hydrogen-bond donors (Lipinski definition) is 1. The summed E-state index contributed by atoms with van der Waals surface area (Å²) in [6, 6.07) is 0. The van der Waals surface area contributed by atoms with Crippen molar-refractivity contribution >= 4 is 5.91 Å². The highest BCUT2D eigenvalue weighted by molar-refractivity contribution is 5.83. The first kappa shape index (κ1) is 8.43. The molecule has 0 bridgehead atoms. The fraction of sp³-hybridized carbons (Fsp3) is 0.667. The molecular weight excluding hydrogens is 116 g/mol. The first-order valence-corrected chi connectivity index (χ1v) is 2.96. The molecule has 0 aliphatic rings. The number of nitrogens with one attached hydrogen (secondary N) is 1. The van der Waals surface area contributed by atoms with Crippen molar-refractivity contribution in [3.05, 3.63) is 6.54 Å². The van der Waals surface area contributed by atoms with Crippen LogP contribution in [0.25, 0.3) is 0 Å². The number of likely N-dealkylation sites (N-methyl/N-ethyl adjacent to an activating group) is 2. The molecule has 0 fully saturated rings. The van der Waals surface area contributed by atoms with Crippen LogP contribution < -0.4 is 5.32 Å². The molecule has 0 rings (SSSR count). The predicted octanol–water partition coefficient (Wildman–Crippen LogP) is -0.154. The quantitative estimate of drug-likeness (QED) is 0.574. The molecular formula is C6H13N2O. The van der Waals surface area contributed by atoms with E-state index in [-0.39, 0.29) is 5.91 Å². The van der Waals surface area contributed by atoms with E-state index in [4.69, 9.17) is 0 Å². The van der Waals surface area contributed by atoms with Crippen LogP contribution in [0, 0.1) is 6.54 Å². The van der Waals surface area contributed by atoms with Crippen molar-refractivity contribution in [3.63, 3.8) is 0 Å². The summed E-state index contributed by atoms with van der Waals surface area (Å²) in [4.78, 5) is 12.4. The van der Waals surface area contributed by atoms with Crippen molar-refractivity contribution in [2.24, 2.45) is 0 Å². The van der Waals surface area contributed by atoms with Crippen molar-refractivity contribution in [1.29, 1.82) is 0 Å². The summed E-state index contributed by atoms with van der Waals surface area (Å²) in [7, 11) is 3.63. The van der Waals surface area contributed by atoms with E-state index in [1.54, 1.807) is 4.90 Å². The fourth-order valence-electron chi connectivity index (χ4n) is 0.454. The Morgan fingerprint density at radius 2 is 2.22 bits per heavy atom. The van der Waals surface area contributed by atoms with Crippen molar-refractivity contribution in [3.8, 4) is 0 Å². The van der Waals surface area contributed by atoms with Gasteiger partial charge in [-0.05, 0) is 21.0 Å². The van der Waals surface area contributed by atoms with Gasteiger partial charge in [-0.2, -0.15) is 0 Å². The first-order chi connectivity index (χ1) is 4.16. The van der Waals surface area contributed by atoms with Gasteiger partial charge in [-0.3, -0.25) is 9.69 Å². The summed E-state index contributed by atoms with van der Waals surface area (Å²) >= 11 is 0. The van der Waals surface area contributed by atoms with E-state index < -0.39 is 0 Å². The minimum absolute atomic E-state index is 0.0394. The molecule has 1 N–H and O–H groups in total. The van der Waals surface area contributed by atoms with Gasteiger partial charge in [0.1, 0.15) is 6.54 Å². The summed E-state index contributed by atoms with van der Waals surface area (Å²) < 4.78 is 0. The molecule has 1 radical (unpaired) electrons. The standard InChI is InChI=1S/C6H13N2O/c1-4-7-6(9)5-8(2)3/h5H,4H2,1-3H3,(H,7,9). The molecule has 9 heavy (non-hydrogen) atoms. The minimum atomic E-state index is -0.0394. The second-order valence-corrected chi connectivity index (χ2v) is 1.99. The maximum atomic E-state index is 10.6. The molecule has 0 atom stereocenters. The van der Waals surface area contributed by atoms with E-state index in [9.17, 15) is 4.79 Å². The van der Waals surface area contributed by atoms with Gasteiger partial charge in [0.15, 0.2) is 0 Å². The highest BCUT2D eigenvalue weighted by Gasteiger charge is 1.99. The third-order valence-corrected chi connectivity index (χ3v) is 0.726. The molecule has 0 aromatic heterocycles. The van der Waals surface area contributed by atoms with Crippen molar-refractivity contribution in [2.75, 3.05) is 20.6 Å². The van der Waals surface area contributed by atoms with Crippen LogP contribution in [-0.4, -0.2) is 31.4 Å². The number of carbonyl (C=O) groups is 1. The van der Waals surface area contributed by atoms with E-state index in [0.29, 0.717) is 6.54 Å². The first-order valence-electron chi connectivity index (χ1n) is 2.96. The molecule has 1 amide bonds. The molecule has 0 aromatic rings. The highest BCUT2D eigenvalue weighted by Crippen LogP contribution is 1.79. The minimum Gasteiger partial charge on any atom is -0.355 e. The normalized spacial score (nSPS) is 9.78. The summed E-state index contributed by atoms with van der Waals surface area (Å²) in [5, 5.41) is 2.64. The van der Waals surface area contributed by atoms with Gasteiger partial charge in [0.25, 0.3) is 0 Å². The molecule has 3 heteroatoms. The third-order valence-electron chi connectivity index (χ3n) is 0.726. The lowest BCUT2D eigenvalue weighted by molar-refractivity contribution is -0.119. The average Bonchev–Trinajstić information content (AvgIpc) is 1.63. The maximum absolute atomic E-state index is 10.6. The number of amides is 1. The highest BCUT2D eigenvalue weighted by atomic mass is 16.1. The van der Waals surface area contributed by atoms with Gasteiger partial charge in [-0.15, -0.1) is 0 Å². The molecule has 53 valence electrons. The second-order valence-electron chi connectivity index (χ2n) is 1.99. The maximum Gasteiger partial charge on any atom is 0.239 e. The summed E-state index contributed by atoms with van der Waals surface area (Å²) in [6.45, 7) is 4.08. The van der Waals surface area contributed by atoms with Gasteiger partial charge >= 0.3 is 0 Å². The molecule has 0 saturated carbocycles. The monoisotopic (exact) mass is 129 g/mol. The zero-order valence-corrected chi connectivity index (χ0v) is 6.14. The van der Waals surface area contributed by atoms with E-state index in [2.05, 4.69) is 5.32 Å². The van der Waals surface area contributed by atoms with Crippen LogP contribution >= 0.6 is 0 Å². The smallest absolute Gasteiger partial charge is 0.239 e. The van der Waals surface area contributed by atoms with E-state index in [1.165, 1.54) is 6.54 Å². The Hall–Kier alpha value is -0.570. The van der Waals surface area contributed by atoms with E-state index in [0.717, 1.165) is 0 Å². The van der Waals surface area contributed by atoms with Gasteiger partial charge in [0.2, 0.25) is 5.91 Å². The largest absolute Gasteiger partial charge is 0.355 e. The Morgan fingerprint density at radius 3 is 2.56 bits per heavy atom. The SMILES string of the molecule is CCNC(=O)[CH]N(C)C. The van der Waals surface area contributed by atoms with Gasteiger partial charge in [-0.1, -0.05) is 0 Å². The lowest BCUT2D eigenvalue weighted by Crippen LogP contribution is -2.28. The lowest BCUT2D eigenvalue weighted by Gasteiger charge is -2.06. The Morgan fingerprint density at radius 1 is 1.67 bits per heavy atom. The lowest BCUT2D eigenvalue weighted by atomic mass is 10.5. The number of carbonyl (C=O) groups excluding carboxylic acids is 1. The Kier molecular flexibility index (Phi) is 4.05. The van der Waals surface area contributed by atoms with Gasteiger partial charge < -0.3 is 5.32 Å². The van der Waals surface area contributed by atoms with Crippen molar-refractivity contribution in [2.45, 2.75) is 6.92 Å². The zero-order chi connectivity index (χ0) is 7.28. The molecule has 0 aliphatic heterocycles. The predicted molar refractivity (Wildman–Crippen MR) is 36.7 cm³/mol. The molecule has 0 unspecified atom stereocenters. The molecule has 0 spiro atoms. The molecule has 0 heterocycles. The molecule has 0 saturated heterocycles. The molecule has 0 aromatic carbocycles. The fourth-order valence-corrected chi connectivity index (χ4v) is 0.454.